The average Bonchev–Trinajstić information content (AvgIpc) is 2.61. The lowest BCUT2D eigenvalue weighted by Crippen LogP contribution is -1.90. The van der Waals surface area contributed by atoms with Crippen LogP contribution in [-0.2, 0) is 7.05 Å². The molecular formula is C14H11I2NO. The zero-order valence-electron chi connectivity index (χ0n) is 10.00. The van der Waals surface area contributed by atoms with Gasteiger partial charge in [0.2, 0.25) is 0 Å². The Morgan fingerprint density at radius 1 is 1.00 bits per heavy atom. The van der Waals surface area contributed by atoms with Gasteiger partial charge in [0.05, 0.1) is 16.2 Å². The quantitative estimate of drug-likeness (QED) is 0.484. The smallest absolute Gasteiger partial charge is 0.134 e. The molecule has 0 aliphatic heterocycles. The average molecular weight is 463 g/mol. The molecule has 0 amide bonds. The molecule has 0 N–H and O–H groups in total. The van der Waals surface area contributed by atoms with Crippen LogP contribution in [0.1, 0.15) is 0 Å². The molecule has 0 bridgehead atoms. The van der Waals surface area contributed by atoms with Crippen LogP contribution in [0.2, 0.25) is 0 Å². The molecule has 1 heterocycles. The van der Waals surface area contributed by atoms with Crippen LogP contribution in [0.5, 0.6) is 5.75 Å². The Hall–Kier alpha value is -0.500. The lowest BCUT2D eigenvalue weighted by atomic mass is 10.1. The molecule has 18 heavy (non-hydrogen) atoms. The minimum atomic E-state index is 0.934. The number of nitrogens with zero attached hydrogens (tertiary/aromatic N) is 1. The first-order valence-electron chi connectivity index (χ1n) is 5.53. The van der Waals surface area contributed by atoms with Crippen molar-refractivity contribution in [3.63, 3.8) is 0 Å². The number of aryl methyl sites for hydroxylation is 1. The molecule has 0 spiro atoms. The van der Waals surface area contributed by atoms with Crippen molar-refractivity contribution in [1.82, 2.24) is 4.57 Å². The molecule has 3 aromatic rings. The van der Waals surface area contributed by atoms with Gasteiger partial charge in [0.1, 0.15) is 5.75 Å². The summed E-state index contributed by atoms with van der Waals surface area (Å²) in [6, 6.07) is 10.9. The number of methoxy groups -OCH3 is 1. The van der Waals surface area contributed by atoms with E-state index in [9.17, 15) is 0 Å². The van der Waals surface area contributed by atoms with E-state index < -0.39 is 0 Å². The summed E-state index contributed by atoms with van der Waals surface area (Å²) < 4.78 is 10.0. The number of fused-ring (bicyclic) bond motifs is 3. The van der Waals surface area contributed by atoms with Crippen LogP contribution in [0.4, 0.5) is 0 Å². The number of hydrogen-bond acceptors (Lipinski definition) is 1. The topological polar surface area (TPSA) is 14.2 Å². The summed E-state index contributed by atoms with van der Waals surface area (Å²) in [4.78, 5) is 0. The van der Waals surface area contributed by atoms with E-state index in [0.29, 0.717) is 0 Å². The van der Waals surface area contributed by atoms with E-state index in [1.807, 2.05) is 0 Å². The van der Waals surface area contributed by atoms with Gasteiger partial charge in [-0.05, 0) is 69.4 Å². The number of aromatic nitrogens is 1. The SMILES string of the molecule is COc1cc2c(cc1I)c1cc(I)ccc1n2C. The summed E-state index contributed by atoms with van der Waals surface area (Å²) in [7, 11) is 3.82. The molecule has 3 rings (SSSR count). The van der Waals surface area contributed by atoms with Crippen LogP contribution in [0.3, 0.4) is 0 Å². The Labute approximate surface area is 133 Å². The Bertz CT molecular complexity index is 761. The number of halogens is 2. The molecule has 0 aliphatic carbocycles. The van der Waals surface area contributed by atoms with Crippen LogP contribution in [0, 0.1) is 7.14 Å². The first-order chi connectivity index (χ1) is 8.61. The Kier molecular flexibility index (Phi) is 3.17. The van der Waals surface area contributed by atoms with E-state index >= 15 is 0 Å². The fraction of sp³-hybridized carbons (Fsp3) is 0.143. The Morgan fingerprint density at radius 3 is 2.44 bits per heavy atom. The van der Waals surface area contributed by atoms with Gasteiger partial charge in [0.25, 0.3) is 0 Å². The van der Waals surface area contributed by atoms with E-state index in [2.05, 4.69) is 87.1 Å². The summed E-state index contributed by atoms with van der Waals surface area (Å²) in [6.45, 7) is 0. The van der Waals surface area contributed by atoms with E-state index in [0.717, 1.165) is 9.32 Å². The van der Waals surface area contributed by atoms with Crippen LogP contribution >= 0.6 is 45.2 Å². The summed E-state index contributed by atoms with van der Waals surface area (Å²) in [6.07, 6.45) is 0. The van der Waals surface area contributed by atoms with Gasteiger partial charge in [0.15, 0.2) is 0 Å². The van der Waals surface area contributed by atoms with Crippen LogP contribution < -0.4 is 4.74 Å². The van der Waals surface area contributed by atoms with Gasteiger partial charge in [-0.15, -0.1) is 0 Å². The second kappa shape index (κ2) is 4.56. The highest BCUT2D eigenvalue weighted by molar-refractivity contribution is 14.1. The molecule has 1 aromatic heterocycles. The maximum absolute atomic E-state index is 5.41. The van der Waals surface area contributed by atoms with Crippen molar-refractivity contribution in [3.05, 3.63) is 37.5 Å². The molecule has 4 heteroatoms. The highest BCUT2D eigenvalue weighted by atomic mass is 127. The van der Waals surface area contributed by atoms with E-state index in [1.165, 1.54) is 25.4 Å². The molecule has 0 saturated carbocycles. The standard InChI is InChI=1S/C14H11I2NO/c1-17-12-4-3-8(15)5-9(12)10-6-11(16)14(18-2)7-13(10)17/h3-7H,1-2H3. The Morgan fingerprint density at radius 2 is 1.72 bits per heavy atom. The zero-order chi connectivity index (χ0) is 12.9. The monoisotopic (exact) mass is 463 g/mol. The molecular weight excluding hydrogens is 452 g/mol. The zero-order valence-corrected chi connectivity index (χ0v) is 14.3. The minimum Gasteiger partial charge on any atom is -0.496 e. The molecule has 0 unspecified atom stereocenters. The van der Waals surface area contributed by atoms with Crippen molar-refractivity contribution in [2.24, 2.45) is 7.05 Å². The normalized spacial score (nSPS) is 11.3. The summed E-state index contributed by atoms with van der Waals surface area (Å²) in [5.74, 6) is 0.934. The lowest BCUT2D eigenvalue weighted by Gasteiger charge is -2.04. The third-order valence-electron chi connectivity index (χ3n) is 3.24. The van der Waals surface area contributed by atoms with Gasteiger partial charge in [-0.25, -0.2) is 0 Å². The van der Waals surface area contributed by atoms with Crippen molar-refractivity contribution in [3.8, 4) is 5.75 Å². The van der Waals surface area contributed by atoms with Crippen molar-refractivity contribution in [2.75, 3.05) is 7.11 Å². The third-order valence-corrected chi connectivity index (χ3v) is 4.76. The minimum absolute atomic E-state index is 0.934. The summed E-state index contributed by atoms with van der Waals surface area (Å²) >= 11 is 4.68. The van der Waals surface area contributed by atoms with E-state index in [1.54, 1.807) is 7.11 Å². The largest absolute Gasteiger partial charge is 0.496 e. The number of benzene rings is 2. The number of rotatable bonds is 1. The van der Waals surface area contributed by atoms with Gasteiger partial charge in [-0.3, -0.25) is 0 Å². The third kappa shape index (κ3) is 1.80. The number of hydrogen-bond donors (Lipinski definition) is 0. The van der Waals surface area contributed by atoms with Crippen LogP contribution in [-0.4, -0.2) is 11.7 Å². The van der Waals surface area contributed by atoms with Gasteiger partial charge < -0.3 is 9.30 Å². The van der Waals surface area contributed by atoms with Gasteiger partial charge in [0, 0.05) is 33.0 Å². The molecule has 2 aromatic carbocycles. The second-order valence-corrected chi connectivity index (χ2v) is 6.63. The molecule has 0 radical (unpaired) electrons. The molecule has 0 saturated heterocycles. The van der Waals surface area contributed by atoms with Crippen LogP contribution in [0.15, 0.2) is 30.3 Å². The first-order valence-corrected chi connectivity index (χ1v) is 7.68. The van der Waals surface area contributed by atoms with E-state index in [-0.39, 0.29) is 0 Å². The van der Waals surface area contributed by atoms with E-state index in [4.69, 9.17) is 4.74 Å². The molecule has 92 valence electrons. The van der Waals surface area contributed by atoms with Gasteiger partial charge >= 0.3 is 0 Å². The molecule has 0 fully saturated rings. The predicted molar refractivity (Wildman–Crippen MR) is 92.4 cm³/mol. The second-order valence-electron chi connectivity index (χ2n) is 4.22. The van der Waals surface area contributed by atoms with Gasteiger partial charge in [-0.1, -0.05) is 0 Å². The van der Waals surface area contributed by atoms with Crippen molar-refractivity contribution in [2.45, 2.75) is 0 Å². The lowest BCUT2D eigenvalue weighted by molar-refractivity contribution is 0.412. The van der Waals surface area contributed by atoms with Crippen molar-refractivity contribution < 1.29 is 4.74 Å². The maximum atomic E-state index is 5.41. The van der Waals surface area contributed by atoms with Crippen molar-refractivity contribution >= 4 is 67.0 Å². The predicted octanol–water partition coefficient (Wildman–Crippen LogP) is 4.55. The Balaban J connectivity index is 2.52. The summed E-state index contributed by atoms with van der Waals surface area (Å²) in [5.41, 5.74) is 2.47. The molecule has 0 aliphatic rings. The van der Waals surface area contributed by atoms with Gasteiger partial charge in [-0.2, -0.15) is 0 Å². The fourth-order valence-corrected chi connectivity index (χ4v) is 3.52. The maximum Gasteiger partial charge on any atom is 0.134 e. The molecule has 2 nitrogen and oxygen atoms in total. The van der Waals surface area contributed by atoms with Crippen molar-refractivity contribution in [1.29, 1.82) is 0 Å². The van der Waals surface area contributed by atoms with Crippen LogP contribution in [0.25, 0.3) is 21.8 Å². The fourth-order valence-electron chi connectivity index (χ4n) is 2.34. The molecule has 0 atom stereocenters. The summed E-state index contributed by atoms with van der Waals surface area (Å²) in [5, 5.41) is 2.59. The highest BCUT2D eigenvalue weighted by Crippen LogP contribution is 2.34. The highest BCUT2D eigenvalue weighted by Gasteiger charge is 2.11. The number of ether oxygens (including phenoxy) is 1. The first kappa shape index (κ1) is 12.5.